The number of benzene rings is 2. The van der Waals surface area contributed by atoms with E-state index >= 15 is 0 Å². The normalized spacial score (nSPS) is 17.4. The third-order valence-electron chi connectivity index (χ3n) is 4.64. The molecular weight excluding hydrogens is 284 g/mol. The summed E-state index contributed by atoms with van der Waals surface area (Å²) in [6.45, 7) is 2.55. The number of rotatable bonds is 5. The van der Waals surface area contributed by atoms with Crippen molar-refractivity contribution < 1.29 is 4.79 Å². The van der Waals surface area contributed by atoms with Crippen LogP contribution in [0.15, 0.2) is 54.6 Å². The minimum atomic E-state index is 0.176. The van der Waals surface area contributed by atoms with Crippen molar-refractivity contribution in [2.24, 2.45) is 0 Å². The van der Waals surface area contributed by atoms with Crippen molar-refractivity contribution in [3.63, 3.8) is 0 Å². The number of nitrogens with zero attached hydrogens (tertiary/aromatic N) is 1. The van der Waals surface area contributed by atoms with Crippen molar-refractivity contribution in [3.05, 3.63) is 71.3 Å². The predicted molar refractivity (Wildman–Crippen MR) is 93.8 cm³/mol. The number of carbonyl (C=O) groups excluding carboxylic acids is 1. The molecule has 0 aliphatic carbocycles. The van der Waals surface area contributed by atoms with E-state index in [-0.39, 0.29) is 5.91 Å². The Bertz CT molecular complexity index is 654. The molecule has 1 unspecified atom stereocenters. The minimum Gasteiger partial charge on any atom is -0.338 e. The summed E-state index contributed by atoms with van der Waals surface area (Å²) in [5.74, 6) is 0.639. The van der Waals surface area contributed by atoms with Crippen molar-refractivity contribution in [1.82, 2.24) is 10.2 Å². The molecule has 3 nitrogen and oxygen atoms in total. The van der Waals surface area contributed by atoms with Gasteiger partial charge >= 0.3 is 0 Å². The minimum absolute atomic E-state index is 0.176. The molecule has 2 aromatic rings. The van der Waals surface area contributed by atoms with E-state index in [2.05, 4.69) is 35.6 Å². The fourth-order valence-corrected chi connectivity index (χ4v) is 3.32. The highest BCUT2D eigenvalue weighted by molar-refractivity contribution is 5.96. The Morgan fingerprint density at radius 1 is 1.13 bits per heavy atom. The highest BCUT2D eigenvalue weighted by Gasteiger charge is 2.28. The first kappa shape index (κ1) is 15.8. The molecule has 0 spiro atoms. The van der Waals surface area contributed by atoms with E-state index in [0.29, 0.717) is 5.92 Å². The lowest BCUT2D eigenvalue weighted by molar-refractivity contribution is 0.0789. The fraction of sp³-hybridized carbons (Fsp3) is 0.350. The van der Waals surface area contributed by atoms with Gasteiger partial charge in [-0.05, 0) is 43.6 Å². The number of amides is 1. The number of carbonyl (C=O) groups is 1. The lowest BCUT2D eigenvalue weighted by atomic mass is 9.99. The molecule has 0 saturated carbocycles. The van der Waals surface area contributed by atoms with Crippen LogP contribution in [0.25, 0.3) is 0 Å². The van der Waals surface area contributed by atoms with Gasteiger partial charge in [0, 0.05) is 24.6 Å². The van der Waals surface area contributed by atoms with E-state index in [0.717, 1.165) is 43.6 Å². The molecule has 0 aromatic heterocycles. The first-order valence-corrected chi connectivity index (χ1v) is 8.36. The fourth-order valence-electron chi connectivity index (χ4n) is 3.32. The lowest BCUT2D eigenvalue weighted by Crippen LogP contribution is -2.29. The molecule has 1 heterocycles. The van der Waals surface area contributed by atoms with Crippen LogP contribution in [-0.4, -0.2) is 37.5 Å². The van der Waals surface area contributed by atoms with Gasteiger partial charge in [-0.3, -0.25) is 4.79 Å². The molecule has 1 aliphatic heterocycles. The van der Waals surface area contributed by atoms with Crippen LogP contribution >= 0.6 is 0 Å². The van der Waals surface area contributed by atoms with E-state index < -0.39 is 0 Å². The van der Waals surface area contributed by atoms with Gasteiger partial charge < -0.3 is 10.2 Å². The van der Waals surface area contributed by atoms with Gasteiger partial charge in [0.15, 0.2) is 0 Å². The summed E-state index contributed by atoms with van der Waals surface area (Å²) in [4.78, 5) is 14.9. The largest absolute Gasteiger partial charge is 0.338 e. The predicted octanol–water partition coefficient (Wildman–Crippen LogP) is 3.08. The molecule has 1 amide bonds. The molecule has 23 heavy (non-hydrogen) atoms. The van der Waals surface area contributed by atoms with Crippen LogP contribution < -0.4 is 5.32 Å². The Labute approximate surface area is 138 Å². The zero-order valence-electron chi connectivity index (χ0n) is 13.7. The Kier molecular flexibility index (Phi) is 5.09. The Morgan fingerprint density at radius 3 is 2.65 bits per heavy atom. The summed E-state index contributed by atoms with van der Waals surface area (Å²) in [6.07, 6.45) is 1.93. The summed E-state index contributed by atoms with van der Waals surface area (Å²) < 4.78 is 0. The van der Waals surface area contributed by atoms with Crippen molar-refractivity contribution >= 4 is 5.91 Å². The second-order valence-corrected chi connectivity index (χ2v) is 6.16. The van der Waals surface area contributed by atoms with Gasteiger partial charge in [-0.25, -0.2) is 0 Å². The summed E-state index contributed by atoms with van der Waals surface area (Å²) in [7, 11) is 1.94. The van der Waals surface area contributed by atoms with Crippen LogP contribution in [0.1, 0.15) is 33.8 Å². The van der Waals surface area contributed by atoms with Crippen LogP contribution in [0, 0.1) is 0 Å². The Balaban J connectivity index is 1.72. The summed E-state index contributed by atoms with van der Waals surface area (Å²) in [5.41, 5.74) is 3.33. The number of hydrogen-bond donors (Lipinski definition) is 1. The van der Waals surface area contributed by atoms with E-state index in [1.165, 1.54) is 5.56 Å². The SMILES string of the molecule is CNCCc1ccccc1C(=O)N1CCC(c2ccccc2)C1. The van der Waals surface area contributed by atoms with Crippen LogP contribution in [0.4, 0.5) is 0 Å². The van der Waals surface area contributed by atoms with E-state index in [9.17, 15) is 4.79 Å². The summed E-state index contributed by atoms with van der Waals surface area (Å²) >= 11 is 0. The molecule has 120 valence electrons. The molecule has 1 saturated heterocycles. The maximum atomic E-state index is 12.9. The number of likely N-dealkylation sites (N-methyl/N-ethyl adjacent to an activating group) is 1. The first-order chi connectivity index (χ1) is 11.3. The van der Waals surface area contributed by atoms with Crippen LogP contribution in [0.3, 0.4) is 0 Å². The molecule has 1 atom stereocenters. The molecule has 1 N–H and O–H groups in total. The molecule has 0 bridgehead atoms. The van der Waals surface area contributed by atoms with Gasteiger partial charge in [-0.1, -0.05) is 48.5 Å². The van der Waals surface area contributed by atoms with Crippen molar-refractivity contribution in [3.8, 4) is 0 Å². The quantitative estimate of drug-likeness (QED) is 0.920. The number of hydrogen-bond acceptors (Lipinski definition) is 2. The van der Waals surface area contributed by atoms with Gasteiger partial charge in [-0.2, -0.15) is 0 Å². The summed E-state index contributed by atoms with van der Waals surface area (Å²) in [5, 5.41) is 3.16. The highest BCUT2D eigenvalue weighted by Crippen LogP contribution is 2.28. The molecule has 1 aliphatic rings. The lowest BCUT2D eigenvalue weighted by Gasteiger charge is -2.19. The second-order valence-electron chi connectivity index (χ2n) is 6.16. The van der Waals surface area contributed by atoms with Crippen molar-refractivity contribution in [1.29, 1.82) is 0 Å². The Morgan fingerprint density at radius 2 is 1.87 bits per heavy atom. The second kappa shape index (κ2) is 7.42. The van der Waals surface area contributed by atoms with Gasteiger partial charge in [0.2, 0.25) is 0 Å². The molecule has 2 aromatic carbocycles. The maximum Gasteiger partial charge on any atom is 0.254 e. The van der Waals surface area contributed by atoms with Crippen molar-refractivity contribution in [2.75, 3.05) is 26.7 Å². The third kappa shape index (κ3) is 3.62. The standard InChI is InChI=1S/C20H24N2O/c1-21-13-11-17-9-5-6-10-19(17)20(23)22-14-12-18(15-22)16-7-3-2-4-8-16/h2-10,18,21H,11-15H2,1H3. The van der Waals surface area contributed by atoms with E-state index in [1.54, 1.807) is 0 Å². The number of likely N-dealkylation sites (tertiary alicyclic amines) is 1. The zero-order chi connectivity index (χ0) is 16.1. The van der Waals surface area contributed by atoms with Crippen LogP contribution in [0.5, 0.6) is 0 Å². The van der Waals surface area contributed by atoms with Crippen molar-refractivity contribution in [2.45, 2.75) is 18.8 Å². The first-order valence-electron chi connectivity index (χ1n) is 8.36. The average Bonchev–Trinajstić information content (AvgIpc) is 3.10. The molecule has 1 fully saturated rings. The van der Waals surface area contributed by atoms with Crippen LogP contribution in [-0.2, 0) is 6.42 Å². The van der Waals surface area contributed by atoms with Gasteiger partial charge in [0.1, 0.15) is 0 Å². The maximum absolute atomic E-state index is 12.9. The van der Waals surface area contributed by atoms with Gasteiger partial charge in [-0.15, -0.1) is 0 Å². The molecule has 3 heteroatoms. The van der Waals surface area contributed by atoms with E-state index in [1.807, 2.05) is 36.2 Å². The zero-order valence-corrected chi connectivity index (χ0v) is 13.7. The average molecular weight is 308 g/mol. The van der Waals surface area contributed by atoms with Gasteiger partial charge in [0.25, 0.3) is 5.91 Å². The van der Waals surface area contributed by atoms with Gasteiger partial charge in [0.05, 0.1) is 0 Å². The van der Waals surface area contributed by atoms with E-state index in [4.69, 9.17) is 0 Å². The number of nitrogens with one attached hydrogen (secondary N) is 1. The molecule has 0 radical (unpaired) electrons. The Hall–Kier alpha value is -2.13. The molecular formula is C20H24N2O. The van der Waals surface area contributed by atoms with Crippen LogP contribution in [0.2, 0.25) is 0 Å². The topological polar surface area (TPSA) is 32.3 Å². The summed E-state index contributed by atoms with van der Waals surface area (Å²) in [6, 6.07) is 18.5. The highest BCUT2D eigenvalue weighted by atomic mass is 16.2. The smallest absolute Gasteiger partial charge is 0.254 e. The monoisotopic (exact) mass is 308 g/mol. The third-order valence-corrected chi connectivity index (χ3v) is 4.64. The molecule has 3 rings (SSSR count).